The van der Waals surface area contributed by atoms with E-state index in [9.17, 15) is 9.59 Å². The number of amides is 2. The summed E-state index contributed by atoms with van der Waals surface area (Å²) in [6.07, 6.45) is 4.68. The largest absolute Gasteiger partial charge is 0.494 e. The Balaban J connectivity index is 1.63. The molecule has 0 radical (unpaired) electrons. The maximum absolute atomic E-state index is 12.4. The zero-order chi connectivity index (χ0) is 19.6. The second kappa shape index (κ2) is 11.0. The van der Waals surface area contributed by atoms with Gasteiger partial charge >= 0.3 is 0 Å². The Morgan fingerprint density at radius 2 is 1.78 bits per heavy atom. The number of aryl methyl sites for hydroxylation is 1. The Hall–Kier alpha value is -2.04. The van der Waals surface area contributed by atoms with E-state index < -0.39 is 0 Å². The van der Waals surface area contributed by atoms with E-state index in [4.69, 9.17) is 4.74 Å². The van der Waals surface area contributed by atoms with Crippen LogP contribution in [0.5, 0.6) is 5.75 Å². The van der Waals surface area contributed by atoms with Crippen molar-refractivity contribution in [2.45, 2.75) is 65.3 Å². The second-order valence-corrected chi connectivity index (χ2v) is 7.44. The smallest absolute Gasteiger partial charge is 0.223 e. The minimum absolute atomic E-state index is 0.109. The highest BCUT2D eigenvalue weighted by atomic mass is 16.5. The first-order valence-electron chi connectivity index (χ1n) is 10.3. The van der Waals surface area contributed by atoms with Crippen molar-refractivity contribution in [1.29, 1.82) is 0 Å². The molecule has 27 heavy (non-hydrogen) atoms. The number of likely N-dealkylation sites (tertiary alicyclic amines) is 1. The molecule has 1 aromatic rings. The standard InChI is InChI=1S/C22H34N2O3/c1-4-18(5-2)22(26)23-19-12-14-24(15-13-19)21(25)7-6-16-27-20-10-8-17(3)9-11-20/h8-11,18-19H,4-7,12-16H2,1-3H3,(H,23,26). The highest BCUT2D eigenvalue weighted by Crippen LogP contribution is 2.15. The predicted molar refractivity (Wildman–Crippen MR) is 108 cm³/mol. The number of nitrogens with zero attached hydrogens (tertiary/aromatic N) is 1. The van der Waals surface area contributed by atoms with Crippen molar-refractivity contribution in [3.63, 3.8) is 0 Å². The monoisotopic (exact) mass is 374 g/mol. The van der Waals surface area contributed by atoms with Gasteiger partial charge in [-0.2, -0.15) is 0 Å². The van der Waals surface area contributed by atoms with Crippen LogP contribution in [0, 0.1) is 12.8 Å². The fraction of sp³-hybridized carbons (Fsp3) is 0.636. The van der Waals surface area contributed by atoms with Crippen molar-refractivity contribution in [2.24, 2.45) is 5.92 Å². The molecule has 1 aliphatic rings. The average Bonchev–Trinajstić information content (AvgIpc) is 2.68. The van der Waals surface area contributed by atoms with Crippen LogP contribution in [0.2, 0.25) is 0 Å². The van der Waals surface area contributed by atoms with Crippen LogP contribution >= 0.6 is 0 Å². The predicted octanol–water partition coefficient (Wildman–Crippen LogP) is 3.70. The molecular formula is C22H34N2O3. The van der Waals surface area contributed by atoms with Gasteiger partial charge in [-0.1, -0.05) is 31.5 Å². The Kier molecular flexibility index (Phi) is 8.62. The Bertz CT molecular complexity index is 588. The van der Waals surface area contributed by atoms with Gasteiger partial charge in [0.1, 0.15) is 5.75 Å². The van der Waals surface area contributed by atoms with Crippen molar-refractivity contribution in [3.05, 3.63) is 29.8 Å². The van der Waals surface area contributed by atoms with Gasteiger partial charge in [-0.3, -0.25) is 9.59 Å². The van der Waals surface area contributed by atoms with Crippen molar-refractivity contribution >= 4 is 11.8 Å². The summed E-state index contributed by atoms with van der Waals surface area (Å²) in [6, 6.07) is 8.15. The summed E-state index contributed by atoms with van der Waals surface area (Å²) in [5, 5.41) is 3.16. The molecule has 0 spiro atoms. The summed E-state index contributed by atoms with van der Waals surface area (Å²) in [5.74, 6) is 1.31. The molecule has 1 fully saturated rings. The van der Waals surface area contributed by atoms with Crippen LogP contribution in [0.25, 0.3) is 0 Å². The SMILES string of the molecule is CCC(CC)C(=O)NC1CCN(C(=O)CCCOc2ccc(C)cc2)CC1. The Labute approximate surface area is 163 Å². The van der Waals surface area contributed by atoms with Crippen LogP contribution in [0.15, 0.2) is 24.3 Å². The molecule has 0 aromatic heterocycles. The van der Waals surface area contributed by atoms with Crippen LogP contribution in [-0.4, -0.2) is 42.5 Å². The Morgan fingerprint density at radius 3 is 2.37 bits per heavy atom. The van der Waals surface area contributed by atoms with Gasteiger partial charge in [0.25, 0.3) is 0 Å². The zero-order valence-corrected chi connectivity index (χ0v) is 17.0. The van der Waals surface area contributed by atoms with Gasteiger partial charge < -0.3 is 15.0 Å². The first-order valence-corrected chi connectivity index (χ1v) is 10.3. The molecule has 0 unspecified atom stereocenters. The van der Waals surface area contributed by atoms with Gasteiger partial charge in [-0.25, -0.2) is 0 Å². The minimum Gasteiger partial charge on any atom is -0.494 e. The topological polar surface area (TPSA) is 58.6 Å². The van der Waals surface area contributed by atoms with E-state index in [0.29, 0.717) is 13.0 Å². The Morgan fingerprint density at radius 1 is 1.15 bits per heavy atom. The van der Waals surface area contributed by atoms with Crippen LogP contribution in [0.3, 0.4) is 0 Å². The van der Waals surface area contributed by atoms with E-state index in [1.54, 1.807) is 0 Å². The van der Waals surface area contributed by atoms with Gasteiger partial charge in [0.2, 0.25) is 11.8 Å². The van der Waals surface area contributed by atoms with E-state index in [-0.39, 0.29) is 23.8 Å². The number of piperidine rings is 1. The lowest BCUT2D eigenvalue weighted by Gasteiger charge is -2.33. The van der Waals surface area contributed by atoms with E-state index >= 15 is 0 Å². The number of ether oxygens (including phenoxy) is 1. The molecular weight excluding hydrogens is 340 g/mol. The lowest BCUT2D eigenvalue weighted by molar-refractivity contribution is -0.132. The molecule has 2 amide bonds. The molecule has 1 aliphatic heterocycles. The highest BCUT2D eigenvalue weighted by molar-refractivity contribution is 5.79. The third kappa shape index (κ3) is 6.89. The number of hydrogen-bond donors (Lipinski definition) is 1. The summed E-state index contributed by atoms with van der Waals surface area (Å²) in [5.41, 5.74) is 1.21. The van der Waals surface area contributed by atoms with E-state index in [1.165, 1.54) is 5.56 Å². The number of carbonyl (C=O) groups excluding carboxylic acids is 2. The lowest BCUT2D eigenvalue weighted by Crippen LogP contribution is -2.47. The quantitative estimate of drug-likeness (QED) is 0.671. The van der Waals surface area contributed by atoms with Crippen LogP contribution < -0.4 is 10.1 Å². The first kappa shape index (κ1) is 21.3. The molecule has 150 valence electrons. The number of carbonyl (C=O) groups is 2. The number of nitrogens with one attached hydrogen (secondary N) is 1. The molecule has 5 heteroatoms. The van der Waals surface area contributed by atoms with Crippen LogP contribution in [-0.2, 0) is 9.59 Å². The molecule has 0 aliphatic carbocycles. The maximum atomic E-state index is 12.4. The van der Waals surface area contributed by atoms with E-state index in [0.717, 1.165) is 50.9 Å². The normalized spacial score (nSPS) is 15.0. The number of hydrogen-bond acceptors (Lipinski definition) is 3. The van der Waals surface area contributed by atoms with Crippen LogP contribution in [0.4, 0.5) is 0 Å². The fourth-order valence-corrected chi connectivity index (χ4v) is 3.46. The average molecular weight is 375 g/mol. The van der Waals surface area contributed by atoms with E-state index in [1.807, 2.05) is 36.1 Å². The minimum atomic E-state index is 0.109. The summed E-state index contributed by atoms with van der Waals surface area (Å²) in [7, 11) is 0. The van der Waals surface area contributed by atoms with Gasteiger partial charge in [0, 0.05) is 31.5 Å². The van der Waals surface area contributed by atoms with E-state index in [2.05, 4.69) is 19.2 Å². The second-order valence-electron chi connectivity index (χ2n) is 7.44. The summed E-state index contributed by atoms with van der Waals surface area (Å²) >= 11 is 0. The highest BCUT2D eigenvalue weighted by Gasteiger charge is 2.25. The van der Waals surface area contributed by atoms with Crippen molar-refractivity contribution in [1.82, 2.24) is 10.2 Å². The molecule has 1 N–H and O–H groups in total. The summed E-state index contributed by atoms with van der Waals surface area (Å²) in [6.45, 7) is 8.16. The molecule has 5 nitrogen and oxygen atoms in total. The molecule has 1 heterocycles. The van der Waals surface area contributed by atoms with Crippen molar-refractivity contribution in [2.75, 3.05) is 19.7 Å². The molecule has 1 aromatic carbocycles. The molecule has 1 saturated heterocycles. The fourth-order valence-electron chi connectivity index (χ4n) is 3.46. The van der Waals surface area contributed by atoms with Crippen LogP contribution in [0.1, 0.15) is 57.9 Å². The molecule has 0 bridgehead atoms. The summed E-state index contributed by atoms with van der Waals surface area (Å²) in [4.78, 5) is 26.5. The van der Waals surface area contributed by atoms with Crippen molar-refractivity contribution < 1.29 is 14.3 Å². The third-order valence-corrected chi connectivity index (χ3v) is 5.38. The number of benzene rings is 1. The first-order chi connectivity index (χ1) is 13.0. The third-order valence-electron chi connectivity index (χ3n) is 5.38. The van der Waals surface area contributed by atoms with Gasteiger partial charge in [0.15, 0.2) is 0 Å². The van der Waals surface area contributed by atoms with Gasteiger partial charge in [-0.05, 0) is 51.2 Å². The number of rotatable bonds is 9. The van der Waals surface area contributed by atoms with Gasteiger partial charge in [0.05, 0.1) is 6.61 Å². The molecule has 0 saturated carbocycles. The lowest BCUT2D eigenvalue weighted by atomic mass is 9.99. The molecule has 0 atom stereocenters. The molecule has 2 rings (SSSR count). The summed E-state index contributed by atoms with van der Waals surface area (Å²) < 4.78 is 5.68. The maximum Gasteiger partial charge on any atom is 0.223 e. The zero-order valence-electron chi connectivity index (χ0n) is 17.0. The van der Waals surface area contributed by atoms with Gasteiger partial charge in [-0.15, -0.1) is 0 Å². The van der Waals surface area contributed by atoms with Crippen molar-refractivity contribution in [3.8, 4) is 5.75 Å².